The van der Waals surface area contributed by atoms with E-state index in [2.05, 4.69) is 47.4 Å². The van der Waals surface area contributed by atoms with Crippen LogP contribution in [0.2, 0.25) is 0 Å². The third-order valence-corrected chi connectivity index (χ3v) is 8.90. The summed E-state index contributed by atoms with van der Waals surface area (Å²) in [6.45, 7) is 3.34. The maximum absolute atomic E-state index is 12.6. The number of aryl methyl sites for hydroxylation is 1. The van der Waals surface area contributed by atoms with E-state index in [4.69, 9.17) is 18.7 Å². The molecule has 1 aliphatic rings. The summed E-state index contributed by atoms with van der Waals surface area (Å²) in [6, 6.07) is 44.3. The van der Waals surface area contributed by atoms with Crippen LogP contribution in [0.3, 0.4) is 0 Å². The minimum absolute atomic E-state index is 0.101. The minimum Gasteiger partial charge on any atom is -0.489 e. The number of carbonyl (C=O) groups excluding carboxylic acids is 1. The second kappa shape index (κ2) is 18.9. The van der Waals surface area contributed by atoms with E-state index in [1.165, 1.54) is 22.4 Å². The predicted octanol–water partition coefficient (Wildman–Crippen LogP) is 8.91. The number of nitrogens with zero attached hydrogens (tertiary/aromatic N) is 3. The van der Waals surface area contributed by atoms with Gasteiger partial charge in [-0.05, 0) is 84.0 Å². The Morgan fingerprint density at radius 1 is 0.722 bits per heavy atom. The van der Waals surface area contributed by atoms with E-state index in [9.17, 15) is 14.7 Å². The number of aliphatic carboxylic acids is 1. The zero-order valence-corrected chi connectivity index (χ0v) is 30.1. The number of amides is 1. The molecule has 6 aromatic rings. The highest BCUT2D eigenvalue weighted by molar-refractivity contribution is 5.75. The van der Waals surface area contributed by atoms with Crippen LogP contribution in [0.5, 0.6) is 17.2 Å². The van der Waals surface area contributed by atoms with Crippen molar-refractivity contribution in [2.24, 2.45) is 11.8 Å². The number of carboxylic acids is 1. The molecule has 1 aliphatic heterocycles. The lowest BCUT2D eigenvalue weighted by molar-refractivity contribution is -0.142. The molecule has 5 aromatic carbocycles. The molecule has 0 spiro atoms. The van der Waals surface area contributed by atoms with E-state index < -0.39 is 18.0 Å². The van der Waals surface area contributed by atoms with Crippen molar-refractivity contribution < 1.29 is 33.4 Å². The standard InChI is InChI=1S/C28H25N3O6.C16H18O/c32-27(33)24-17-31(28(34)36-22-11-5-2-6-12-22)16-21(24)14-19-8-7-13-23(15-19)35-18-25-29-26(37-30-25)20-9-3-1-4-10-20;1-2-7-14-10-6-11-16(12-14)17-13-15-8-4-3-5-9-15/h1-13,15,21,24H,14,16-18H2,(H,32,33);3-6,8-12H,2,7,13H2,1H3/t21-,24+;/m1./s1. The Bertz CT molecular complexity index is 2070. The summed E-state index contributed by atoms with van der Waals surface area (Å²) in [6.07, 6.45) is 2.21. The average molecular weight is 726 g/mol. The Morgan fingerprint density at radius 2 is 1.31 bits per heavy atom. The Hall–Kier alpha value is -6.42. The molecule has 0 radical (unpaired) electrons. The van der Waals surface area contributed by atoms with Gasteiger partial charge < -0.3 is 28.7 Å². The number of hydrogen-bond acceptors (Lipinski definition) is 8. The van der Waals surface area contributed by atoms with E-state index >= 15 is 0 Å². The van der Waals surface area contributed by atoms with Gasteiger partial charge in [-0.3, -0.25) is 4.79 Å². The van der Waals surface area contributed by atoms with Gasteiger partial charge >= 0.3 is 12.1 Å². The first-order valence-electron chi connectivity index (χ1n) is 18.0. The molecule has 0 saturated carbocycles. The van der Waals surface area contributed by atoms with Crippen LogP contribution in [0.1, 0.15) is 35.9 Å². The van der Waals surface area contributed by atoms with Crippen LogP contribution in [-0.4, -0.2) is 45.3 Å². The minimum atomic E-state index is -0.932. The van der Waals surface area contributed by atoms with E-state index in [-0.39, 0.29) is 19.1 Å². The number of hydrogen-bond donors (Lipinski definition) is 1. The maximum atomic E-state index is 12.6. The van der Waals surface area contributed by atoms with Crippen molar-refractivity contribution in [2.45, 2.75) is 39.4 Å². The third-order valence-electron chi connectivity index (χ3n) is 8.90. The number of ether oxygens (including phenoxy) is 3. The van der Waals surface area contributed by atoms with Gasteiger partial charge in [-0.1, -0.05) is 109 Å². The van der Waals surface area contributed by atoms with Crippen molar-refractivity contribution >= 4 is 12.1 Å². The normalized spacial score (nSPS) is 14.8. The molecule has 7 rings (SSSR count). The maximum Gasteiger partial charge on any atom is 0.415 e. The lowest BCUT2D eigenvalue weighted by Gasteiger charge is -2.16. The van der Waals surface area contributed by atoms with Gasteiger partial charge in [0, 0.05) is 18.7 Å². The molecule has 1 N–H and O–H groups in total. The Morgan fingerprint density at radius 3 is 2.00 bits per heavy atom. The number of benzene rings is 5. The Labute approximate surface area is 314 Å². The van der Waals surface area contributed by atoms with Gasteiger partial charge in [-0.25, -0.2) is 4.79 Å². The SMILES string of the molecule is CCCc1cccc(OCc2ccccc2)c1.O=C(O)[C@H]1CN(C(=O)Oc2ccccc2)C[C@H]1Cc1cccc(OCc2noc(-c3ccccc3)n2)c1. The fourth-order valence-electron chi connectivity index (χ4n) is 6.20. The number of carbonyl (C=O) groups is 2. The molecule has 2 atom stereocenters. The average Bonchev–Trinajstić information content (AvgIpc) is 3.86. The summed E-state index contributed by atoms with van der Waals surface area (Å²) in [4.78, 5) is 30.4. The predicted molar refractivity (Wildman–Crippen MR) is 204 cm³/mol. The number of carboxylic acid groups (broad SMARTS) is 1. The highest BCUT2D eigenvalue weighted by Gasteiger charge is 2.40. The summed E-state index contributed by atoms with van der Waals surface area (Å²) >= 11 is 0. The molecule has 0 aliphatic carbocycles. The molecule has 1 aromatic heterocycles. The van der Waals surface area contributed by atoms with Crippen LogP contribution in [-0.2, 0) is 30.8 Å². The van der Waals surface area contributed by atoms with Crippen molar-refractivity contribution in [3.63, 3.8) is 0 Å². The van der Waals surface area contributed by atoms with Gasteiger partial charge in [0.25, 0.3) is 5.89 Å². The van der Waals surface area contributed by atoms with Crippen LogP contribution in [0.4, 0.5) is 4.79 Å². The molecular weight excluding hydrogens is 682 g/mol. The van der Waals surface area contributed by atoms with Crippen molar-refractivity contribution in [3.8, 4) is 28.7 Å². The number of para-hydroxylation sites is 1. The third kappa shape index (κ3) is 10.8. The number of rotatable bonds is 13. The van der Waals surface area contributed by atoms with Crippen LogP contribution < -0.4 is 14.2 Å². The largest absolute Gasteiger partial charge is 0.489 e. The first kappa shape index (κ1) is 37.3. The second-order valence-corrected chi connectivity index (χ2v) is 13.0. The molecular formula is C44H43N3O7. The van der Waals surface area contributed by atoms with Gasteiger partial charge in [0.1, 0.15) is 23.9 Å². The van der Waals surface area contributed by atoms with Gasteiger partial charge in [0.05, 0.1) is 5.92 Å². The van der Waals surface area contributed by atoms with Gasteiger partial charge in [-0.2, -0.15) is 4.98 Å². The molecule has 1 fully saturated rings. The highest BCUT2D eigenvalue weighted by atomic mass is 16.6. The zero-order chi connectivity index (χ0) is 37.5. The molecule has 10 heteroatoms. The van der Waals surface area contributed by atoms with Gasteiger partial charge in [0.2, 0.25) is 5.82 Å². The quantitative estimate of drug-likeness (QED) is 0.124. The lowest BCUT2D eigenvalue weighted by Crippen LogP contribution is -2.32. The van der Waals surface area contributed by atoms with E-state index in [1.54, 1.807) is 24.3 Å². The van der Waals surface area contributed by atoms with Crippen molar-refractivity contribution in [1.82, 2.24) is 15.0 Å². The Balaban J connectivity index is 0.000000244. The molecule has 54 heavy (non-hydrogen) atoms. The fourth-order valence-corrected chi connectivity index (χ4v) is 6.20. The monoisotopic (exact) mass is 725 g/mol. The summed E-state index contributed by atoms with van der Waals surface area (Å²) < 4.78 is 22.4. The summed E-state index contributed by atoms with van der Waals surface area (Å²) in [5, 5.41) is 13.7. The van der Waals surface area contributed by atoms with Crippen molar-refractivity contribution in [1.29, 1.82) is 0 Å². The van der Waals surface area contributed by atoms with E-state index in [0.29, 0.717) is 42.8 Å². The topological polar surface area (TPSA) is 124 Å². The number of likely N-dealkylation sites (tertiary alicyclic amines) is 1. The first-order chi connectivity index (χ1) is 26.4. The molecule has 2 heterocycles. The summed E-state index contributed by atoms with van der Waals surface area (Å²) in [7, 11) is 0. The van der Waals surface area contributed by atoms with Crippen LogP contribution >= 0.6 is 0 Å². The summed E-state index contributed by atoms with van der Waals surface area (Å²) in [5.74, 6) is 0.936. The van der Waals surface area contributed by atoms with Crippen molar-refractivity contribution in [2.75, 3.05) is 13.1 Å². The van der Waals surface area contributed by atoms with Crippen molar-refractivity contribution in [3.05, 3.63) is 162 Å². The van der Waals surface area contributed by atoms with Gasteiger partial charge in [-0.15, -0.1) is 0 Å². The molecule has 1 amide bonds. The molecule has 276 valence electrons. The molecule has 1 saturated heterocycles. The molecule has 0 bridgehead atoms. The van der Waals surface area contributed by atoms with Crippen LogP contribution in [0, 0.1) is 11.8 Å². The van der Waals surface area contributed by atoms with E-state index in [0.717, 1.165) is 23.3 Å². The van der Waals surface area contributed by atoms with Crippen LogP contribution in [0.25, 0.3) is 11.5 Å². The molecule has 10 nitrogen and oxygen atoms in total. The number of aromatic nitrogens is 2. The lowest BCUT2D eigenvalue weighted by atomic mass is 9.90. The van der Waals surface area contributed by atoms with Gasteiger partial charge in [0.15, 0.2) is 6.61 Å². The van der Waals surface area contributed by atoms with Crippen LogP contribution in [0.15, 0.2) is 144 Å². The second-order valence-electron chi connectivity index (χ2n) is 13.0. The van der Waals surface area contributed by atoms with E-state index in [1.807, 2.05) is 84.9 Å². The highest BCUT2D eigenvalue weighted by Crippen LogP contribution is 2.29. The Kier molecular flexibility index (Phi) is 13.1. The summed E-state index contributed by atoms with van der Waals surface area (Å²) in [5.41, 5.74) is 4.28. The fraction of sp³-hybridized carbons (Fsp3) is 0.227. The first-order valence-corrected chi connectivity index (χ1v) is 18.0. The smallest absolute Gasteiger partial charge is 0.415 e. The molecule has 0 unspecified atom stereocenters. The zero-order valence-electron chi connectivity index (χ0n) is 30.1.